The molecule has 3 rings (SSSR count). The first-order valence-corrected chi connectivity index (χ1v) is 9.02. The Morgan fingerprint density at radius 2 is 1.92 bits per heavy atom. The third-order valence-electron chi connectivity index (χ3n) is 5.01. The standard InChI is InChI=1S/C18H25N3O4/c22-17(20-14-6-7-14)13-5-8-15(16(11-13)21(24)25)19-12-18(23)9-3-1-2-4-10-18/h5,8,11,14,19,23H,1-4,6-7,9-10,12H2,(H,20,22). The van der Waals surface area contributed by atoms with Crippen molar-refractivity contribution in [3.8, 4) is 0 Å². The topological polar surface area (TPSA) is 104 Å². The molecule has 2 aliphatic carbocycles. The van der Waals surface area contributed by atoms with E-state index < -0.39 is 10.5 Å². The average molecular weight is 347 g/mol. The second kappa shape index (κ2) is 7.39. The van der Waals surface area contributed by atoms with Gasteiger partial charge in [0.15, 0.2) is 0 Å². The van der Waals surface area contributed by atoms with E-state index in [1.165, 1.54) is 6.07 Å². The Morgan fingerprint density at radius 1 is 1.24 bits per heavy atom. The number of amides is 1. The molecular formula is C18H25N3O4. The van der Waals surface area contributed by atoms with E-state index >= 15 is 0 Å². The van der Waals surface area contributed by atoms with E-state index in [1.807, 2.05) is 0 Å². The summed E-state index contributed by atoms with van der Waals surface area (Å²) in [6.45, 7) is 0.279. The Kier molecular flexibility index (Phi) is 5.22. The van der Waals surface area contributed by atoms with Crippen LogP contribution in [-0.2, 0) is 0 Å². The molecule has 0 spiro atoms. The minimum Gasteiger partial charge on any atom is -0.388 e. The van der Waals surface area contributed by atoms with E-state index in [-0.39, 0.29) is 29.7 Å². The number of hydrogen-bond donors (Lipinski definition) is 3. The number of rotatable bonds is 6. The monoisotopic (exact) mass is 347 g/mol. The summed E-state index contributed by atoms with van der Waals surface area (Å²) in [5.41, 5.74) is -0.338. The number of nitrogens with one attached hydrogen (secondary N) is 2. The summed E-state index contributed by atoms with van der Waals surface area (Å²) in [4.78, 5) is 23.0. The first-order chi connectivity index (χ1) is 12.0. The highest BCUT2D eigenvalue weighted by Crippen LogP contribution is 2.30. The molecule has 0 atom stereocenters. The van der Waals surface area contributed by atoms with Gasteiger partial charge in [-0.15, -0.1) is 0 Å². The van der Waals surface area contributed by atoms with Gasteiger partial charge in [0.05, 0.1) is 10.5 Å². The molecule has 2 saturated carbocycles. The molecule has 7 heteroatoms. The van der Waals surface area contributed by atoms with Crippen LogP contribution >= 0.6 is 0 Å². The van der Waals surface area contributed by atoms with Gasteiger partial charge in [0.1, 0.15) is 5.69 Å². The van der Waals surface area contributed by atoms with Crippen molar-refractivity contribution in [2.24, 2.45) is 0 Å². The summed E-state index contributed by atoms with van der Waals surface area (Å²) in [7, 11) is 0. The third kappa shape index (κ3) is 4.69. The average Bonchev–Trinajstić information content (AvgIpc) is 3.41. The molecule has 2 aliphatic rings. The van der Waals surface area contributed by atoms with Crippen LogP contribution in [0.1, 0.15) is 61.7 Å². The van der Waals surface area contributed by atoms with Gasteiger partial charge < -0.3 is 15.7 Å². The van der Waals surface area contributed by atoms with Crippen LogP contribution in [0.5, 0.6) is 0 Å². The Bertz CT molecular complexity index is 650. The molecule has 3 N–H and O–H groups in total. The number of nitrogens with zero attached hydrogens (tertiary/aromatic N) is 1. The van der Waals surface area contributed by atoms with Gasteiger partial charge in [-0.2, -0.15) is 0 Å². The van der Waals surface area contributed by atoms with Crippen molar-refractivity contribution in [3.05, 3.63) is 33.9 Å². The minimum absolute atomic E-state index is 0.138. The van der Waals surface area contributed by atoms with Crippen molar-refractivity contribution in [1.29, 1.82) is 0 Å². The molecule has 0 unspecified atom stereocenters. The van der Waals surface area contributed by atoms with Crippen molar-refractivity contribution in [1.82, 2.24) is 5.32 Å². The lowest BCUT2D eigenvalue weighted by molar-refractivity contribution is -0.384. The van der Waals surface area contributed by atoms with E-state index in [4.69, 9.17) is 0 Å². The first kappa shape index (κ1) is 17.7. The van der Waals surface area contributed by atoms with Crippen LogP contribution in [0.4, 0.5) is 11.4 Å². The van der Waals surface area contributed by atoms with E-state index in [1.54, 1.807) is 12.1 Å². The lowest BCUT2D eigenvalue weighted by Crippen LogP contribution is -2.36. The molecule has 0 saturated heterocycles. The number of benzene rings is 1. The first-order valence-electron chi connectivity index (χ1n) is 9.02. The van der Waals surface area contributed by atoms with Crippen LogP contribution in [-0.4, -0.2) is 34.1 Å². The van der Waals surface area contributed by atoms with Gasteiger partial charge in [-0.05, 0) is 37.8 Å². The molecule has 25 heavy (non-hydrogen) atoms. The maximum atomic E-state index is 12.1. The van der Waals surface area contributed by atoms with Crippen molar-refractivity contribution < 1.29 is 14.8 Å². The molecule has 1 aromatic carbocycles. The van der Waals surface area contributed by atoms with Crippen molar-refractivity contribution in [3.63, 3.8) is 0 Å². The molecule has 0 radical (unpaired) electrons. The second-order valence-corrected chi connectivity index (χ2v) is 7.23. The largest absolute Gasteiger partial charge is 0.388 e. The number of nitro benzene ring substituents is 1. The Labute approximate surface area is 147 Å². The number of anilines is 1. The Hall–Kier alpha value is -2.15. The van der Waals surface area contributed by atoms with Crippen LogP contribution in [0.3, 0.4) is 0 Å². The zero-order valence-corrected chi connectivity index (χ0v) is 14.3. The van der Waals surface area contributed by atoms with Gasteiger partial charge >= 0.3 is 0 Å². The maximum absolute atomic E-state index is 12.1. The smallest absolute Gasteiger partial charge is 0.293 e. The molecule has 0 aromatic heterocycles. The lowest BCUT2D eigenvalue weighted by Gasteiger charge is -2.27. The number of carbonyl (C=O) groups is 1. The second-order valence-electron chi connectivity index (χ2n) is 7.23. The SMILES string of the molecule is O=C(NC1CC1)c1ccc(NCC2(O)CCCCCC2)c([N+](=O)[O-])c1. The fourth-order valence-electron chi connectivity index (χ4n) is 3.29. The number of hydrogen-bond acceptors (Lipinski definition) is 5. The van der Waals surface area contributed by atoms with Crippen LogP contribution in [0.25, 0.3) is 0 Å². The van der Waals surface area contributed by atoms with Crippen LogP contribution < -0.4 is 10.6 Å². The summed E-state index contributed by atoms with van der Waals surface area (Å²) in [6, 6.07) is 4.65. The molecule has 0 heterocycles. The molecule has 1 amide bonds. The highest BCUT2D eigenvalue weighted by molar-refractivity contribution is 5.96. The quantitative estimate of drug-likeness (QED) is 0.417. The minimum atomic E-state index is -0.827. The van der Waals surface area contributed by atoms with E-state index in [9.17, 15) is 20.0 Å². The van der Waals surface area contributed by atoms with Gasteiger partial charge in [0.2, 0.25) is 0 Å². The summed E-state index contributed by atoms with van der Waals surface area (Å²) in [5.74, 6) is -0.278. The summed E-state index contributed by atoms with van der Waals surface area (Å²) in [6.07, 6.45) is 7.52. The molecule has 1 aromatic rings. The van der Waals surface area contributed by atoms with Gasteiger partial charge in [-0.3, -0.25) is 14.9 Å². The van der Waals surface area contributed by atoms with Crippen LogP contribution in [0, 0.1) is 10.1 Å². The maximum Gasteiger partial charge on any atom is 0.293 e. The lowest BCUT2D eigenvalue weighted by atomic mass is 9.94. The van der Waals surface area contributed by atoms with Gasteiger partial charge in [0.25, 0.3) is 11.6 Å². The molecule has 136 valence electrons. The van der Waals surface area contributed by atoms with Crippen LogP contribution in [0.2, 0.25) is 0 Å². The number of aliphatic hydroxyl groups is 1. The molecule has 0 aliphatic heterocycles. The fourth-order valence-corrected chi connectivity index (χ4v) is 3.29. The zero-order chi connectivity index (χ0) is 17.9. The van der Waals surface area contributed by atoms with Gasteiger partial charge in [-0.1, -0.05) is 25.7 Å². The van der Waals surface area contributed by atoms with E-state index in [0.717, 1.165) is 38.5 Å². The van der Waals surface area contributed by atoms with E-state index in [0.29, 0.717) is 18.5 Å². The summed E-state index contributed by atoms with van der Waals surface area (Å²) < 4.78 is 0. The predicted molar refractivity (Wildman–Crippen MR) is 94.7 cm³/mol. The summed E-state index contributed by atoms with van der Waals surface area (Å²) >= 11 is 0. The van der Waals surface area contributed by atoms with Crippen LogP contribution in [0.15, 0.2) is 18.2 Å². The van der Waals surface area contributed by atoms with Gasteiger partial charge in [-0.25, -0.2) is 0 Å². The predicted octanol–water partition coefficient (Wildman–Crippen LogP) is 2.98. The number of carbonyl (C=O) groups excluding carboxylic acids is 1. The Balaban J connectivity index is 1.71. The van der Waals surface area contributed by atoms with Crippen molar-refractivity contribution in [2.75, 3.05) is 11.9 Å². The Morgan fingerprint density at radius 3 is 2.52 bits per heavy atom. The third-order valence-corrected chi connectivity index (χ3v) is 5.01. The zero-order valence-electron chi connectivity index (χ0n) is 14.3. The van der Waals surface area contributed by atoms with Gasteiger partial charge in [0, 0.05) is 24.2 Å². The highest BCUT2D eigenvalue weighted by Gasteiger charge is 2.29. The summed E-state index contributed by atoms with van der Waals surface area (Å²) in [5, 5.41) is 27.9. The number of nitro groups is 1. The van der Waals surface area contributed by atoms with Crippen molar-refractivity contribution in [2.45, 2.75) is 63.0 Å². The molecule has 2 fully saturated rings. The normalized spacial score (nSPS) is 19.7. The molecule has 7 nitrogen and oxygen atoms in total. The van der Waals surface area contributed by atoms with E-state index in [2.05, 4.69) is 10.6 Å². The molecule has 0 bridgehead atoms. The van der Waals surface area contributed by atoms with Crippen molar-refractivity contribution >= 4 is 17.3 Å². The molecular weight excluding hydrogens is 322 g/mol. The fraction of sp³-hybridized carbons (Fsp3) is 0.611. The highest BCUT2D eigenvalue weighted by atomic mass is 16.6.